The molecule has 1 aromatic heterocycles. The first kappa shape index (κ1) is 28.9. The number of ether oxygens (including phenoxy) is 3. The monoisotopic (exact) mass is 626 g/mol. The average Bonchev–Trinajstić information content (AvgIpc) is 3.50. The normalized spacial score (nSPS) is 21.4. The number of H-pyrrole nitrogens is 1. The lowest BCUT2D eigenvalue weighted by Gasteiger charge is -2.30. The minimum Gasteiger partial charge on any atom is -0.490 e. The fraction of sp³-hybridized carbons (Fsp3) is 0.357. The van der Waals surface area contributed by atoms with Gasteiger partial charge < -0.3 is 24.1 Å². The SMILES string of the molecule is CCOc1cc(C2c3sc(=O)[nH]c3SC3C(=O)N(c4ccc([N+](=O)[O-])cc4)C(=O)C32)ccc1OCC(=O)N1CCOCC1. The van der Waals surface area contributed by atoms with Crippen LogP contribution in [0.15, 0.2) is 52.3 Å². The predicted molar refractivity (Wildman–Crippen MR) is 156 cm³/mol. The van der Waals surface area contributed by atoms with E-state index in [-0.39, 0.29) is 28.8 Å². The van der Waals surface area contributed by atoms with Crippen LogP contribution < -0.4 is 19.2 Å². The first-order valence-electron chi connectivity index (χ1n) is 13.5. The van der Waals surface area contributed by atoms with E-state index in [4.69, 9.17) is 14.2 Å². The Kier molecular flexibility index (Phi) is 7.94. The van der Waals surface area contributed by atoms with Crippen LogP contribution in [0.5, 0.6) is 11.5 Å². The molecule has 3 atom stereocenters. The van der Waals surface area contributed by atoms with Crippen LogP contribution >= 0.6 is 23.1 Å². The zero-order valence-electron chi connectivity index (χ0n) is 22.8. The van der Waals surface area contributed by atoms with E-state index in [1.165, 1.54) is 24.3 Å². The number of morpholine rings is 1. The fourth-order valence-electron chi connectivity index (χ4n) is 5.50. The third-order valence-electron chi connectivity index (χ3n) is 7.48. The van der Waals surface area contributed by atoms with Gasteiger partial charge in [-0.15, -0.1) is 0 Å². The highest BCUT2D eigenvalue weighted by Gasteiger charge is 2.56. The van der Waals surface area contributed by atoms with E-state index in [9.17, 15) is 29.3 Å². The topological polar surface area (TPSA) is 161 Å². The number of nitro benzene ring substituents is 1. The maximum absolute atomic E-state index is 13.9. The first-order chi connectivity index (χ1) is 20.8. The quantitative estimate of drug-likeness (QED) is 0.224. The molecule has 6 rings (SSSR count). The second kappa shape index (κ2) is 11.8. The number of nitrogens with zero attached hydrogens (tertiary/aromatic N) is 3. The Morgan fingerprint density at radius 2 is 1.81 bits per heavy atom. The van der Waals surface area contributed by atoms with Crippen molar-refractivity contribution in [1.29, 1.82) is 0 Å². The van der Waals surface area contributed by atoms with Gasteiger partial charge in [0.15, 0.2) is 18.1 Å². The van der Waals surface area contributed by atoms with Crippen molar-refractivity contribution in [2.75, 3.05) is 44.4 Å². The summed E-state index contributed by atoms with van der Waals surface area (Å²) in [4.78, 5) is 69.1. The van der Waals surface area contributed by atoms with E-state index in [1.54, 1.807) is 30.0 Å². The Hall–Kier alpha value is -4.21. The minimum absolute atomic E-state index is 0.162. The number of thioether (sulfide) groups is 1. The number of benzene rings is 2. The summed E-state index contributed by atoms with van der Waals surface area (Å²) in [6, 6.07) is 10.4. The molecule has 13 nitrogen and oxygen atoms in total. The number of aromatic amines is 1. The Balaban J connectivity index is 1.33. The van der Waals surface area contributed by atoms with E-state index < -0.39 is 33.8 Å². The molecule has 2 saturated heterocycles. The molecule has 0 radical (unpaired) electrons. The Labute approximate surface area is 252 Å². The number of imide groups is 1. The molecule has 2 aromatic carbocycles. The number of hydrogen-bond donors (Lipinski definition) is 1. The number of amides is 3. The summed E-state index contributed by atoms with van der Waals surface area (Å²) in [5.41, 5.74) is 0.702. The number of nitrogens with one attached hydrogen (secondary N) is 1. The van der Waals surface area contributed by atoms with Crippen LogP contribution in [0.4, 0.5) is 11.4 Å². The Bertz CT molecular complexity index is 1650. The van der Waals surface area contributed by atoms with Gasteiger partial charge in [0, 0.05) is 36.0 Å². The number of carbonyl (C=O) groups is 3. The van der Waals surface area contributed by atoms with Gasteiger partial charge in [0.05, 0.1) is 41.4 Å². The largest absolute Gasteiger partial charge is 0.490 e. The highest BCUT2D eigenvalue weighted by atomic mass is 32.2. The van der Waals surface area contributed by atoms with Crippen molar-refractivity contribution in [2.45, 2.75) is 23.1 Å². The van der Waals surface area contributed by atoms with Crippen molar-refractivity contribution in [3.05, 3.63) is 72.7 Å². The molecule has 3 aliphatic rings. The van der Waals surface area contributed by atoms with Crippen LogP contribution in [0.25, 0.3) is 0 Å². The summed E-state index contributed by atoms with van der Waals surface area (Å²) in [6.45, 7) is 3.86. The summed E-state index contributed by atoms with van der Waals surface area (Å²) in [6.07, 6.45) is 0. The zero-order chi connectivity index (χ0) is 30.2. The van der Waals surface area contributed by atoms with E-state index in [2.05, 4.69) is 4.98 Å². The maximum Gasteiger partial charge on any atom is 0.305 e. The summed E-state index contributed by atoms with van der Waals surface area (Å²) in [5, 5.41) is 10.8. The molecular weight excluding hydrogens is 600 g/mol. The van der Waals surface area contributed by atoms with Gasteiger partial charge in [-0.25, -0.2) is 4.90 Å². The second-order valence-corrected chi connectivity index (χ2v) is 12.1. The van der Waals surface area contributed by atoms with Crippen LogP contribution in [0.2, 0.25) is 0 Å². The number of thiazole rings is 1. The third-order valence-corrected chi connectivity index (χ3v) is 9.89. The molecular formula is C28H26N4O9S2. The number of aromatic nitrogens is 1. The van der Waals surface area contributed by atoms with Gasteiger partial charge in [-0.05, 0) is 36.8 Å². The lowest BCUT2D eigenvalue weighted by Crippen LogP contribution is -2.43. The van der Waals surface area contributed by atoms with Crippen molar-refractivity contribution < 1.29 is 33.5 Å². The number of anilines is 1. The maximum atomic E-state index is 13.9. The first-order valence-corrected chi connectivity index (χ1v) is 15.2. The van der Waals surface area contributed by atoms with Gasteiger partial charge in [0.25, 0.3) is 11.6 Å². The third kappa shape index (κ3) is 5.39. The molecule has 2 fully saturated rings. The van der Waals surface area contributed by atoms with E-state index in [0.29, 0.717) is 59.9 Å². The molecule has 224 valence electrons. The van der Waals surface area contributed by atoms with Crippen LogP contribution in [0.3, 0.4) is 0 Å². The van der Waals surface area contributed by atoms with E-state index in [1.807, 2.05) is 0 Å². The number of rotatable bonds is 8. The van der Waals surface area contributed by atoms with Crippen molar-refractivity contribution in [3.8, 4) is 11.5 Å². The van der Waals surface area contributed by atoms with Crippen LogP contribution in [-0.4, -0.2) is 77.3 Å². The number of nitro groups is 1. The number of fused-ring (bicyclic) bond motifs is 2. The molecule has 0 spiro atoms. The molecule has 1 N–H and O–H groups in total. The summed E-state index contributed by atoms with van der Waals surface area (Å²) in [7, 11) is 0. The molecule has 3 amide bonds. The van der Waals surface area contributed by atoms with Crippen molar-refractivity contribution >= 4 is 52.2 Å². The number of hydrogen-bond acceptors (Lipinski definition) is 11. The van der Waals surface area contributed by atoms with Crippen LogP contribution in [0, 0.1) is 16.0 Å². The zero-order valence-corrected chi connectivity index (χ0v) is 24.5. The molecule has 43 heavy (non-hydrogen) atoms. The molecule has 15 heteroatoms. The number of non-ortho nitro benzene ring substituents is 1. The summed E-state index contributed by atoms with van der Waals surface area (Å²) >= 11 is 2.11. The summed E-state index contributed by atoms with van der Waals surface area (Å²) in [5.74, 6) is -1.92. The molecule has 0 bridgehead atoms. The molecule has 3 unspecified atom stereocenters. The molecule has 3 aliphatic heterocycles. The molecule has 0 saturated carbocycles. The highest BCUT2D eigenvalue weighted by Crippen LogP contribution is 2.53. The van der Waals surface area contributed by atoms with Gasteiger partial charge in [-0.1, -0.05) is 29.2 Å². The minimum atomic E-state index is -0.851. The number of carbonyl (C=O) groups excluding carboxylic acids is 3. The van der Waals surface area contributed by atoms with Gasteiger partial charge >= 0.3 is 4.87 Å². The molecule has 3 aromatic rings. The lowest BCUT2D eigenvalue weighted by molar-refractivity contribution is -0.384. The lowest BCUT2D eigenvalue weighted by atomic mass is 9.83. The van der Waals surface area contributed by atoms with Crippen LogP contribution in [-0.2, 0) is 19.1 Å². The Morgan fingerprint density at radius 3 is 2.51 bits per heavy atom. The smallest absolute Gasteiger partial charge is 0.305 e. The van der Waals surface area contributed by atoms with E-state index in [0.717, 1.165) is 28.0 Å². The standard InChI is InChI=1S/C28H26N4O9S2/c1-2-40-19-13-15(3-8-18(19)41-14-20(33)30-9-11-39-12-10-30)21-22-24(42-25-23(21)43-28(36)29-25)27(35)31(26(22)34)16-4-6-17(7-5-16)32(37)38/h3-8,13,21-22,24H,2,9-12,14H2,1H3,(H,29,36). The predicted octanol–water partition coefficient (Wildman–Crippen LogP) is 2.78. The van der Waals surface area contributed by atoms with Gasteiger partial charge in [0.1, 0.15) is 5.25 Å². The average molecular weight is 627 g/mol. The molecule has 4 heterocycles. The highest BCUT2D eigenvalue weighted by molar-refractivity contribution is 8.00. The second-order valence-electron chi connectivity index (χ2n) is 9.96. The van der Waals surface area contributed by atoms with Gasteiger partial charge in [0.2, 0.25) is 11.8 Å². The van der Waals surface area contributed by atoms with Crippen molar-refractivity contribution in [1.82, 2.24) is 9.88 Å². The summed E-state index contributed by atoms with van der Waals surface area (Å²) < 4.78 is 17.0. The fourth-order valence-corrected chi connectivity index (χ4v) is 8.02. The Morgan fingerprint density at radius 1 is 1.07 bits per heavy atom. The van der Waals surface area contributed by atoms with Gasteiger partial charge in [-0.2, -0.15) is 0 Å². The van der Waals surface area contributed by atoms with Crippen molar-refractivity contribution in [3.63, 3.8) is 0 Å². The molecule has 0 aliphatic carbocycles. The van der Waals surface area contributed by atoms with Crippen molar-refractivity contribution in [2.24, 2.45) is 5.92 Å². The van der Waals surface area contributed by atoms with Crippen LogP contribution in [0.1, 0.15) is 23.3 Å². The van der Waals surface area contributed by atoms with E-state index >= 15 is 0 Å². The van der Waals surface area contributed by atoms with Gasteiger partial charge in [-0.3, -0.25) is 29.3 Å².